The van der Waals surface area contributed by atoms with Crippen LogP contribution >= 0.6 is 0 Å². The molecule has 1 aliphatic rings. The Bertz CT molecular complexity index is 1110. The van der Waals surface area contributed by atoms with Crippen molar-refractivity contribution in [3.8, 4) is 0 Å². The van der Waals surface area contributed by atoms with E-state index in [1.54, 1.807) is 31.2 Å². The number of carbonyl (C=O) groups excluding carboxylic acids is 2. The Kier molecular flexibility index (Phi) is 8.13. The molecule has 1 aliphatic heterocycles. The molecule has 0 aliphatic carbocycles. The number of aliphatic hydroxyl groups excluding tert-OH is 1. The smallest absolute Gasteiger partial charge is 0.251 e. The number of anilines is 2. The first-order chi connectivity index (χ1) is 17.0. The van der Waals surface area contributed by atoms with Gasteiger partial charge in [-0.15, -0.1) is 0 Å². The number of carbonyl (C=O) groups is 2. The Hall–Kier alpha value is -3.68. The van der Waals surface area contributed by atoms with E-state index in [9.17, 15) is 14.7 Å². The van der Waals surface area contributed by atoms with E-state index in [0.29, 0.717) is 17.7 Å². The summed E-state index contributed by atoms with van der Waals surface area (Å²) in [6.45, 7) is 4.75. The molecule has 3 aromatic carbocycles. The molecule has 7 nitrogen and oxygen atoms in total. The molecule has 7 heteroatoms. The first kappa shape index (κ1) is 24.4. The second kappa shape index (κ2) is 11.6. The van der Waals surface area contributed by atoms with Crippen molar-refractivity contribution < 1.29 is 14.7 Å². The minimum atomic E-state index is -0.745. The molecule has 2 amide bonds. The average molecular weight is 473 g/mol. The van der Waals surface area contributed by atoms with Crippen molar-refractivity contribution in [2.75, 3.05) is 36.4 Å². The van der Waals surface area contributed by atoms with Gasteiger partial charge in [-0.25, -0.2) is 0 Å². The van der Waals surface area contributed by atoms with Crippen molar-refractivity contribution in [2.45, 2.75) is 25.6 Å². The summed E-state index contributed by atoms with van der Waals surface area (Å²) in [6, 6.07) is 25.5. The van der Waals surface area contributed by atoms with Crippen LogP contribution in [0, 0.1) is 0 Å². The van der Waals surface area contributed by atoms with Gasteiger partial charge in [-0.05, 0) is 36.8 Å². The molecule has 0 bridgehead atoms. The van der Waals surface area contributed by atoms with Crippen LogP contribution in [0.5, 0.6) is 0 Å². The van der Waals surface area contributed by atoms with Gasteiger partial charge in [0.15, 0.2) is 0 Å². The van der Waals surface area contributed by atoms with Gasteiger partial charge < -0.3 is 20.6 Å². The van der Waals surface area contributed by atoms with Crippen molar-refractivity contribution >= 4 is 23.2 Å². The topological polar surface area (TPSA) is 84.9 Å². The van der Waals surface area contributed by atoms with Gasteiger partial charge in [-0.1, -0.05) is 60.7 Å². The van der Waals surface area contributed by atoms with E-state index in [1.807, 2.05) is 65.6 Å². The van der Waals surface area contributed by atoms with E-state index in [-0.39, 0.29) is 11.8 Å². The third-order valence-corrected chi connectivity index (χ3v) is 6.29. The second-order valence-electron chi connectivity index (χ2n) is 8.74. The standard InChI is InChI=1S/C28H32N4O3/c1-21(33)31-16-18-32(19-17-31)26-15-9-8-14-24(26)29-28(35)25(20-22-10-4-2-5-11-22)30-27(34)23-12-6-3-7-13-23/h2-15,21,25,33H,16-20H2,1H3,(H,29,35)(H,30,34). The largest absolute Gasteiger partial charge is 0.379 e. The number of para-hydroxylation sites is 2. The molecular formula is C28H32N4O3. The third-order valence-electron chi connectivity index (χ3n) is 6.29. The van der Waals surface area contributed by atoms with Crippen LogP contribution < -0.4 is 15.5 Å². The number of hydrogen-bond donors (Lipinski definition) is 3. The van der Waals surface area contributed by atoms with Gasteiger partial charge in [-0.3, -0.25) is 14.5 Å². The van der Waals surface area contributed by atoms with E-state index in [2.05, 4.69) is 15.5 Å². The fourth-order valence-electron chi connectivity index (χ4n) is 4.30. The van der Waals surface area contributed by atoms with Crippen LogP contribution in [-0.4, -0.2) is 60.3 Å². The molecule has 2 unspecified atom stereocenters. The Morgan fingerprint density at radius 3 is 2.11 bits per heavy atom. The fraction of sp³-hybridized carbons (Fsp3) is 0.286. The van der Waals surface area contributed by atoms with Crippen LogP contribution in [0.4, 0.5) is 11.4 Å². The highest BCUT2D eigenvalue weighted by molar-refractivity contribution is 6.02. The molecule has 3 aromatic rings. The van der Waals surface area contributed by atoms with Crippen molar-refractivity contribution in [3.63, 3.8) is 0 Å². The minimum Gasteiger partial charge on any atom is -0.379 e. The van der Waals surface area contributed by atoms with Gasteiger partial charge >= 0.3 is 0 Å². The lowest BCUT2D eigenvalue weighted by Crippen LogP contribution is -2.50. The fourth-order valence-corrected chi connectivity index (χ4v) is 4.30. The molecule has 2 atom stereocenters. The predicted molar refractivity (Wildman–Crippen MR) is 138 cm³/mol. The SMILES string of the molecule is CC(O)N1CCN(c2ccccc2NC(=O)C(Cc2ccccc2)NC(=O)c2ccccc2)CC1. The molecule has 182 valence electrons. The molecule has 1 saturated heterocycles. The van der Waals surface area contributed by atoms with Crippen LogP contribution in [0.1, 0.15) is 22.8 Å². The van der Waals surface area contributed by atoms with Crippen LogP contribution in [0.15, 0.2) is 84.9 Å². The first-order valence-corrected chi connectivity index (χ1v) is 12.0. The maximum atomic E-state index is 13.5. The quantitative estimate of drug-likeness (QED) is 0.469. The molecule has 0 spiro atoms. The summed E-state index contributed by atoms with van der Waals surface area (Å²) in [7, 11) is 0. The Labute approximate surface area is 206 Å². The number of amides is 2. The van der Waals surface area contributed by atoms with E-state index >= 15 is 0 Å². The molecule has 0 saturated carbocycles. The van der Waals surface area contributed by atoms with Gasteiger partial charge in [0.25, 0.3) is 5.91 Å². The Balaban J connectivity index is 1.51. The predicted octanol–water partition coefficient (Wildman–Crippen LogP) is 3.13. The second-order valence-corrected chi connectivity index (χ2v) is 8.74. The summed E-state index contributed by atoms with van der Waals surface area (Å²) in [5.74, 6) is -0.558. The molecule has 0 aromatic heterocycles. The zero-order valence-electron chi connectivity index (χ0n) is 19.9. The molecule has 3 N–H and O–H groups in total. The Morgan fingerprint density at radius 1 is 0.857 bits per heavy atom. The van der Waals surface area contributed by atoms with Gasteiger partial charge in [0.1, 0.15) is 12.3 Å². The molecule has 1 heterocycles. The highest BCUT2D eigenvalue weighted by Crippen LogP contribution is 2.27. The summed E-state index contributed by atoms with van der Waals surface area (Å²) in [6.07, 6.45) is -0.0976. The highest BCUT2D eigenvalue weighted by Gasteiger charge is 2.25. The van der Waals surface area contributed by atoms with Crippen LogP contribution in [-0.2, 0) is 11.2 Å². The molecule has 35 heavy (non-hydrogen) atoms. The monoisotopic (exact) mass is 472 g/mol. The van der Waals surface area contributed by atoms with Gasteiger partial charge in [0, 0.05) is 38.2 Å². The number of nitrogens with one attached hydrogen (secondary N) is 2. The van der Waals surface area contributed by atoms with Crippen molar-refractivity contribution in [2.24, 2.45) is 0 Å². The van der Waals surface area contributed by atoms with E-state index in [4.69, 9.17) is 0 Å². The maximum absolute atomic E-state index is 13.5. The number of aliphatic hydroxyl groups is 1. The zero-order chi connectivity index (χ0) is 24.6. The lowest BCUT2D eigenvalue weighted by Gasteiger charge is -2.38. The lowest BCUT2D eigenvalue weighted by atomic mass is 10.0. The van der Waals surface area contributed by atoms with E-state index < -0.39 is 12.3 Å². The number of piperazine rings is 1. The van der Waals surface area contributed by atoms with Gasteiger partial charge in [0.2, 0.25) is 5.91 Å². The average Bonchev–Trinajstić information content (AvgIpc) is 2.89. The summed E-state index contributed by atoms with van der Waals surface area (Å²) in [5, 5.41) is 15.8. The Morgan fingerprint density at radius 2 is 1.46 bits per heavy atom. The normalized spacial score (nSPS) is 15.8. The van der Waals surface area contributed by atoms with Crippen molar-refractivity contribution in [1.82, 2.24) is 10.2 Å². The summed E-state index contributed by atoms with van der Waals surface area (Å²) < 4.78 is 0. The third kappa shape index (κ3) is 6.47. The zero-order valence-corrected chi connectivity index (χ0v) is 19.9. The number of benzene rings is 3. The number of hydrogen-bond acceptors (Lipinski definition) is 5. The molecule has 4 rings (SSSR count). The number of rotatable bonds is 8. The molecule has 0 radical (unpaired) electrons. The molecule has 1 fully saturated rings. The van der Waals surface area contributed by atoms with Crippen LogP contribution in [0.25, 0.3) is 0 Å². The lowest BCUT2D eigenvalue weighted by molar-refractivity contribution is -0.118. The van der Waals surface area contributed by atoms with Crippen molar-refractivity contribution in [1.29, 1.82) is 0 Å². The summed E-state index contributed by atoms with van der Waals surface area (Å²) in [4.78, 5) is 30.6. The van der Waals surface area contributed by atoms with Crippen LogP contribution in [0.2, 0.25) is 0 Å². The number of nitrogens with zero attached hydrogens (tertiary/aromatic N) is 2. The summed E-state index contributed by atoms with van der Waals surface area (Å²) >= 11 is 0. The van der Waals surface area contributed by atoms with E-state index in [0.717, 1.165) is 37.4 Å². The van der Waals surface area contributed by atoms with Crippen LogP contribution in [0.3, 0.4) is 0 Å². The summed E-state index contributed by atoms with van der Waals surface area (Å²) in [5.41, 5.74) is 3.10. The molecular weight excluding hydrogens is 440 g/mol. The van der Waals surface area contributed by atoms with E-state index in [1.165, 1.54) is 0 Å². The maximum Gasteiger partial charge on any atom is 0.251 e. The minimum absolute atomic E-state index is 0.270. The van der Waals surface area contributed by atoms with Gasteiger partial charge in [0.05, 0.1) is 11.4 Å². The van der Waals surface area contributed by atoms with Crippen molar-refractivity contribution in [3.05, 3.63) is 96.1 Å². The van der Waals surface area contributed by atoms with Gasteiger partial charge in [-0.2, -0.15) is 0 Å². The first-order valence-electron chi connectivity index (χ1n) is 12.0. The highest BCUT2D eigenvalue weighted by atomic mass is 16.3.